The Bertz CT molecular complexity index is 400. The van der Waals surface area contributed by atoms with Crippen LogP contribution in [0.2, 0.25) is 0 Å². The molecule has 6 nitrogen and oxygen atoms in total. The van der Waals surface area contributed by atoms with Crippen molar-refractivity contribution < 1.29 is 5.21 Å². The Morgan fingerprint density at radius 1 is 1.45 bits per heavy atom. The van der Waals surface area contributed by atoms with Gasteiger partial charge in [0.1, 0.15) is 5.52 Å². The van der Waals surface area contributed by atoms with Crippen LogP contribution >= 0.6 is 0 Å². The monoisotopic (exact) mass is 153 g/mol. The van der Waals surface area contributed by atoms with Crippen LogP contribution in [0.3, 0.4) is 0 Å². The van der Waals surface area contributed by atoms with Gasteiger partial charge in [-0.25, -0.2) is 0 Å². The van der Waals surface area contributed by atoms with Gasteiger partial charge in [0, 0.05) is 0 Å². The van der Waals surface area contributed by atoms with Crippen LogP contribution in [0.15, 0.2) is 12.3 Å². The van der Waals surface area contributed by atoms with Crippen molar-refractivity contribution >= 4 is 17.3 Å². The Balaban J connectivity index is 2.98. The van der Waals surface area contributed by atoms with Crippen molar-refractivity contribution in [3.63, 3.8) is 0 Å². The van der Waals surface area contributed by atoms with E-state index in [9.17, 15) is 0 Å². The molecular weight excluding hydrogens is 146 g/mol. The third kappa shape index (κ3) is 0.575. The summed E-state index contributed by atoms with van der Waals surface area (Å²) in [7, 11) is 0. The minimum atomic E-state index is 0.171. The summed E-state index contributed by atoms with van der Waals surface area (Å²) in [6.45, 7) is 0. The van der Waals surface area contributed by atoms with Crippen LogP contribution in [0.5, 0.6) is 0 Å². The summed E-state index contributed by atoms with van der Waals surface area (Å²) in [5.74, 6) is 0.486. The number of imidazole rings is 1. The first-order valence-corrected chi connectivity index (χ1v) is 3.00. The van der Waals surface area contributed by atoms with E-state index in [-0.39, 0.29) is 5.95 Å². The van der Waals surface area contributed by atoms with Gasteiger partial charge in [-0.3, -0.25) is 0 Å². The number of hydrogen-bond acceptors (Lipinski definition) is 4. The fourth-order valence-electron chi connectivity index (χ4n) is 1.04. The zero-order valence-corrected chi connectivity index (χ0v) is 5.60. The average molecular weight is 153 g/mol. The largest absolute Gasteiger partial charge is 0.413 e. The standard InChI is InChI=1S/C5H7N5O/c6-4-3-1-2-9(11)10(3)5(7)8-4/h1-2,11H,6H2,(H2,7,8). The minimum absolute atomic E-state index is 0.171. The van der Waals surface area contributed by atoms with Crippen molar-refractivity contribution in [3.05, 3.63) is 12.3 Å². The van der Waals surface area contributed by atoms with Gasteiger partial charge in [0.2, 0.25) is 5.95 Å². The highest BCUT2D eigenvalue weighted by molar-refractivity contribution is 5.68. The second-order valence-corrected chi connectivity index (χ2v) is 2.19. The second-order valence-electron chi connectivity index (χ2n) is 2.19. The number of nitrogens with two attached hydrogens (primary N) is 2. The van der Waals surface area contributed by atoms with Gasteiger partial charge in [0.25, 0.3) is 0 Å². The molecule has 0 spiro atoms. The molecule has 2 heterocycles. The van der Waals surface area contributed by atoms with Crippen molar-refractivity contribution in [2.24, 2.45) is 0 Å². The maximum absolute atomic E-state index is 9.11. The summed E-state index contributed by atoms with van der Waals surface area (Å²) < 4.78 is 1.30. The maximum atomic E-state index is 9.11. The highest BCUT2D eigenvalue weighted by Gasteiger charge is 2.08. The van der Waals surface area contributed by atoms with Gasteiger partial charge in [0.15, 0.2) is 5.82 Å². The van der Waals surface area contributed by atoms with Crippen LogP contribution in [0.4, 0.5) is 11.8 Å². The Hall–Kier alpha value is -1.85. The van der Waals surface area contributed by atoms with Gasteiger partial charge in [-0.15, -0.1) is 4.85 Å². The van der Waals surface area contributed by atoms with Crippen LogP contribution in [0.25, 0.3) is 5.52 Å². The summed E-state index contributed by atoms with van der Waals surface area (Å²) in [5, 5.41) is 9.11. The molecule has 6 heteroatoms. The third-order valence-corrected chi connectivity index (χ3v) is 1.51. The number of nitrogens with zero attached hydrogens (tertiary/aromatic N) is 3. The molecule has 0 bridgehead atoms. The normalized spacial score (nSPS) is 10.9. The third-order valence-electron chi connectivity index (χ3n) is 1.51. The summed E-state index contributed by atoms with van der Waals surface area (Å²) in [4.78, 5) is 4.58. The van der Waals surface area contributed by atoms with E-state index < -0.39 is 0 Å². The minimum Gasteiger partial charge on any atom is -0.413 e. The quantitative estimate of drug-likeness (QED) is 0.446. The molecular formula is C5H7N5O. The average Bonchev–Trinajstić information content (AvgIpc) is 2.41. The molecule has 0 aliphatic carbocycles. The van der Waals surface area contributed by atoms with Crippen molar-refractivity contribution in [1.82, 2.24) is 14.3 Å². The molecule has 11 heavy (non-hydrogen) atoms. The smallest absolute Gasteiger partial charge is 0.224 e. The van der Waals surface area contributed by atoms with E-state index in [0.29, 0.717) is 11.3 Å². The van der Waals surface area contributed by atoms with Crippen LogP contribution in [-0.4, -0.2) is 19.6 Å². The van der Waals surface area contributed by atoms with Gasteiger partial charge in [-0.2, -0.15) is 9.50 Å². The molecule has 0 fully saturated rings. The molecule has 58 valence electrons. The van der Waals surface area contributed by atoms with E-state index in [0.717, 1.165) is 4.85 Å². The van der Waals surface area contributed by atoms with Crippen molar-refractivity contribution in [2.75, 3.05) is 11.5 Å². The molecule has 0 saturated carbocycles. The lowest BCUT2D eigenvalue weighted by Gasteiger charge is -1.93. The molecule has 0 radical (unpaired) electrons. The zero-order chi connectivity index (χ0) is 8.01. The van der Waals surface area contributed by atoms with Gasteiger partial charge >= 0.3 is 0 Å². The highest BCUT2D eigenvalue weighted by atomic mass is 16.5. The predicted octanol–water partition coefficient (Wildman–Crippen LogP) is -0.463. The maximum Gasteiger partial charge on any atom is 0.224 e. The SMILES string of the molecule is Nc1nc(N)n2c1ccn2O. The fraction of sp³-hybridized carbons (Fsp3) is 0. The molecule has 2 aromatic rings. The lowest BCUT2D eigenvalue weighted by Crippen LogP contribution is -2.03. The summed E-state index contributed by atoms with van der Waals surface area (Å²) in [5.41, 5.74) is 11.5. The molecule has 0 saturated heterocycles. The fourth-order valence-corrected chi connectivity index (χ4v) is 1.04. The first-order valence-electron chi connectivity index (χ1n) is 3.00. The Morgan fingerprint density at radius 2 is 2.18 bits per heavy atom. The van der Waals surface area contributed by atoms with Crippen molar-refractivity contribution in [3.8, 4) is 0 Å². The Kier molecular flexibility index (Phi) is 0.857. The lowest BCUT2D eigenvalue weighted by atomic mass is 10.5. The van der Waals surface area contributed by atoms with E-state index in [1.54, 1.807) is 6.07 Å². The van der Waals surface area contributed by atoms with Crippen molar-refractivity contribution in [2.45, 2.75) is 0 Å². The summed E-state index contributed by atoms with van der Waals surface area (Å²) in [6, 6.07) is 1.62. The number of aromatic nitrogens is 3. The molecule has 0 aliphatic heterocycles. The van der Waals surface area contributed by atoms with Crippen molar-refractivity contribution in [1.29, 1.82) is 0 Å². The number of nitrogen functional groups attached to an aromatic ring is 2. The predicted molar refractivity (Wildman–Crippen MR) is 39.2 cm³/mol. The topological polar surface area (TPSA) is 94.5 Å². The van der Waals surface area contributed by atoms with Gasteiger partial charge in [0.05, 0.1) is 6.20 Å². The van der Waals surface area contributed by atoms with E-state index in [1.807, 2.05) is 0 Å². The van der Waals surface area contributed by atoms with Crippen LogP contribution < -0.4 is 11.5 Å². The Morgan fingerprint density at radius 3 is 2.82 bits per heavy atom. The second kappa shape index (κ2) is 1.60. The van der Waals surface area contributed by atoms with Gasteiger partial charge in [-0.05, 0) is 6.07 Å². The molecule has 0 amide bonds. The van der Waals surface area contributed by atoms with E-state index >= 15 is 0 Å². The van der Waals surface area contributed by atoms with Gasteiger partial charge in [-0.1, -0.05) is 0 Å². The highest BCUT2D eigenvalue weighted by Crippen LogP contribution is 2.15. The number of fused-ring (bicyclic) bond motifs is 1. The Labute approximate surface area is 61.6 Å². The molecule has 5 N–H and O–H groups in total. The molecule has 0 aromatic carbocycles. The zero-order valence-electron chi connectivity index (χ0n) is 5.60. The number of anilines is 2. The molecule has 0 atom stereocenters. The van der Waals surface area contributed by atoms with E-state index in [4.69, 9.17) is 16.7 Å². The number of rotatable bonds is 0. The lowest BCUT2D eigenvalue weighted by molar-refractivity contribution is 0.139. The molecule has 2 aromatic heterocycles. The van der Waals surface area contributed by atoms with Crippen LogP contribution in [0.1, 0.15) is 0 Å². The summed E-state index contributed by atoms with van der Waals surface area (Å²) in [6.07, 6.45) is 1.43. The van der Waals surface area contributed by atoms with Gasteiger partial charge < -0.3 is 16.7 Å². The molecule has 2 rings (SSSR count). The molecule has 0 aliphatic rings. The van der Waals surface area contributed by atoms with Crippen LogP contribution in [-0.2, 0) is 0 Å². The van der Waals surface area contributed by atoms with E-state index in [1.165, 1.54) is 10.7 Å². The summed E-state index contributed by atoms with van der Waals surface area (Å²) >= 11 is 0. The number of hydrogen-bond donors (Lipinski definition) is 3. The van der Waals surface area contributed by atoms with E-state index in [2.05, 4.69) is 4.98 Å². The first-order chi connectivity index (χ1) is 5.20. The first kappa shape index (κ1) is 5.90. The van der Waals surface area contributed by atoms with Crippen LogP contribution in [0, 0.1) is 0 Å². The molecule has 0 unspecified atom stereocenters.